The topological polar surface area (TPSA) is 79.5 Å². The Morgan fingerprint density at radius 1 is 1.25 bits per heavy atom. The number of carbonyl (C=O) groups is 2. The number of nitrogens with one attached hydrogen (secondary N) is 3. The molecule has 0 spiro atoms. The van der Waals surface area contributed by atoms with Gasteiger partial charge in [-0.25, -0.2) is 4.79 Å². The van der Waals surface area contributed by atoms with Crippen LogP contribution in [0.5, 0.6) is 5.75 Å². The number of ether oxygens (including phenoxy) is 1. The Morgan fingerprint density at radius 3 is 2.83 bits per heavy atom. The average Bonchev–Trinajstić information content (AvgIpc) is 2.94. The molecule has 0 saturated carbocycles. The third-order valence-corrected chi connectivity index (χ3v) is 3.96. The summed E-state index contributed by atoms with van der Waals surface area (Å²) in [7, 11) is 1.56. The van der Waals surface area contributed by atoms with E-state index in [1.54, 1.807) is 19.2 Å². The number of amides is 3. The van der Waals surface area contributed by atoms with Crippen LogP contribution >= 0.6 is 0 Å². The molecular formula is C18H19N3O3. The largest absolute Gasteiger partial charge is 0.495 e. The van der Waals surface area contributed by atoms with Crippen LogP contribution in [0.1, 0.15) is 24.1 Å². The molecule has 2 aromatic rings. The molecule has 24 heavy (non-hydrogen) atoms. The molecule has 1 aliphatic rings. The van der Waals surface area contributed by atoms with E-state index in [9.17, 15) is 9.59 Å². The van der Waals surface area contributed by atoms with E-state index in [2.05, 4.69) is 16.0 Å². The molecule has 0 saturated heterocycles. The number of anilines is 2. The van der Waals surface area contributed by atoms with Crippen LogP contribution in [0.2, 0.25) is 0 Å². The number of methoxy groups -OCH3 is 1. The van der Waals surface area contributed by atoms with Gasteiger partial charge in [-0.15, -0.1) is 0 Å². The summed E-state index contributed by atoms with van der Waals surface area (Å²) in [5.41, 5.74) is 3.35. The Kier molecular flexibility index (Phi) is 4.37. The minimum atomic E-state index is -0.318. The minimum absolute atomic E-state index is 0.00308. The first-order valence-corrected chi connectivity index (χ1v) is 7.70. The fourth-order valence-corrected chi connectivity index (χ4v) is 2.70. The molecular weight excluding hydrogens is 306 g/mol. The summed E-state index contributed by atoms with van der Waals surface area (Å²) < 4.78 is 5.21. The van der Waals surface area contributed by atoms with Gasteiger partial charge in [-0.1, -0.05) is 24.3 Å². The van der Waals surface area contributed by atoms with Crippen LogP contribution in [0, 0.1) is 0 Å². The van der Waals surface area contributed by atoms with Gasteiger partial charge in [-0.05, 0) is 36.2 Å². The van der Waals surface area contributed by atoms with Crippen LogP contribution in [-0.4, -0.2) is 19.0 Å². The van der Waals surface area contributed by atoms with E-state index in [0.29, 0.717) is 17.9 Å². The van der Waals surface area contributed by atoms with Crippen LogP contribution in [0.3, 0.4) is 0 Å². The SMILES string of the molecule is COc1ccccc1NC(=O)NC(C)c1ccc2c(c1)CC(=O)N2. The van der Waals surface area contributed by atoms with Crippen molar-refractivity contribution >= 4 is 23.3 Å². The number of carbonyl (C=O) groups excluding carboxylic acids is 2. The zero-order chi connectivity index (χ0) is 17.1. The van der Waals surface area contributed by atoms with Gasteiger partial charge in [0, 0.05) is 5.69 Å². The summed E-state index contributed by atoms with van der Waals surface area (Å²) in [4.78, 5) is 23.6. The van der Waals surface area contributed by atoms with E-state index in [4.69, 9.17) is 4.74 Å². The maximum absolute atomic E-state index is 12.2. The van der Waals surface area contributed by atoms with Gasteiger partial charge in [0.25, 0.3) is 0 Å². The molecule has 0 aromatic heterocycles. The molecule has 1 atom stereocenters. The highest BCUT2D eigenvalue weighted by Crippen LogP contribution is 2.27. The summed E-state index contributed by atoms with van der Waals surface area (Å²) in [5.74, 6) is 0.596. The fraction of sp³-hybridized carbons (Fsp3) is 0.222. The normalized spacial score (nSPS) is 13.7. The van der Waals surface area contributed by atoms with Crippen molar-refractivity contribution in [2.24, 2.45) is 0 Å². The summed E-state index contributed by atoms with van der Waals surface area (Å²) in [6.07, 6.45) is 0.378. The van der Waals surface area contributed by atoms with Crippen LogP contribution in [0.4, 0.5) is 16.2 Å². The third kappa shape index (κ3) is 3.32. The van der Waals surface area contributed by atoms with Crippen molar-refractivity contribution in [1.82, 2.24) is 5.32 Å². The predicted molar refractivity (Wildman–Crippen MR) is 92.3 cm³/mol. The smallest absolute Gasteiger partial charge is 0.319 e. The maximum Gasteiger partial charge on any atom is 0.319 e. The second-order valence-corrected chi connectivity index (χ2v) is 5.66. The molecule has 3 rings (SSSR count). The van der Waals surface area contributed by atoms with Crippen LogP contribution < -0.4 is 20.7 Å². The first kappa shape index (κ1) is 15.9. The summed E-state index contributed by atoms with van der Waals surface area (Å²) >= 11 is 0. The molecule has 1 heterocycles. The number of para-hydroxylation sites is 2. The van der Waals surface area contributed by atoms with Crippen LogP contribution in [-0.2, 0) is 11.2 Å². The van der Waals surface area contributed by atoms with Gasteiger partial charge in [0.05, 0.1) is 25.3 Å². The molecule has 0 bridgehead atoms. The van der Waals surface area contributed by atoms with E-state index in [1.165, 1.54) is 0 Å². The predicted octanol–water partition coefficient (Wildman–Crippen LogP) is 3.07. The van der Waals surface area contributed by atoms with E-state index in [0.717, 1.165) is 16.8 Å². The van der Waals surface area contributed by atoms with Gasteiger partial charge < -0.3 is 20.7 Å². The lowest BCUT2D eigenvalue weighted by Crippen LogP contribution is -2.31. The molecule has 3 amide bonds. The van der Waals surface area contributed by atoms with Gasteiger partial charge in [0.15, 0.2) is 0 Å². The van der Waals surface area contributed by atoms with Crippen molar-refractivity contribution in [3.05, 3.63) is 53.6 Å². The van der Waals surface area contributed by atoms with Gasteiger partial charge in [-0.3, -0.25) is 4.79 Å². The van der Waals surface area contributed by atoms with E-state index < -0.39 is 0 Å². The van der Waals surface area contributed by atoms with E-state index in [-0.39, 0.29) is 18.0 Å². The molecule has 6 nitrogen and oxygen atoms in total. The summed E-state index contributed by atoms with van der Waals surface area (Å²) in [6.45, 7) is 1.90. The zero-order valence-corrected chi connectivity index (χ0v) is 13.6. The number of benzene rings is 2. The van der Waals surface area contributed by atoms with Crippen molar-refractivity contribution in [2.75, 3.05) is 17.7 Å². The molecule has 0 radical (unpaired) electrons. The third-order valence-electron chi connectivity index (χ3n) is 3.96. The molecule has 6 heteroatoms. The Bertz CT molecular complexity index is 789. The van der Waals surface area contributed by atoms with E-state index in [1.807, 2.05) is 37.3 Å². The zero-order valence-electron chi connectivity index (χ0n) is 13.6. The number of urea groups is 1. The summed E-state index contributed by atoms with van der Waals surface area (Å²) in [6, 6.07) is 12.4. The van der Waals surface area contributed by atoms with Crippen LogP contribution in [0.15, 0.2) is 42.5 Å². The molecule has 0 fully saturated rings. The van der Waals surface area contributed by atoms with Crippen LogP contribution in [0.25, 0.3) is 0 Å². The first-order chi connectivity index (χ1) is 11.6. The number of fused-ring (bicyclic) bond motifs is 1. The summed E-state index contributed by atoms with van der Waals surface area (Å²) in [5, 5.41) is 8.46. The highest BCUT2D eigenvalue weighted by atomic mass is 16.5. The van der Waals surface area contributed by atoms with Crippen molar-refractivity contribution in [2.45, 2.75) is 19.4 Å². The molecule has 124 valence electrons. The minimum Gasteiger partial charge on any atom is -0.495 e. The molecule has 1 aliphatic heterocycles. The van der Waals surface area contributed by atoms with Gasteiger partial charge in [0.1, 0.15) is 5.75 Å². The van der Waals surface area contributed by atoms with Crippen molar-refractivity contribution in [3.63, 3.8) is 0 Å². The molecule has 2 aromatic carbocycles. The number of hydrogen-bond donors (Lipinski definition) is 3. The maximum atomic E-state index is 12.2. The highest BCUT2D eigenvalue weighted by Gasteiger charge is 2.19. The molecule has 0 aliphatic carbocycles. The lowest BCUT2D eigenvalue weighted by molar-refractivity contribution is -0.115. The highest BCUT2D eigenvalue weighted by molar-refractivity contribution is 5.99. The van der Waals surface area contributed by atoms with Gasteiger partial charge >= 0.3 is 6.03 Å². The Balaban J connectivity index is 1.66. The van der Waals surface area contributed by atoms with Gasteiger partial charge in [-0.2, -0.15) is 0 Å². The lowest BCUT2D eigenvalue weighted by Gasteiger charge is -2.17. The van der Waals surface area contributed by atoms with Gasteiger partial charge in [0.2, 0.25) is 5.91 Å². The Morgan fingerprint density at radius 2 is 2.04 bits per heavy atom. The monoisotopic (exact) mass is 325 g/mol. The molecule has 3 N–H and O–H groups in total. The number of hydrogen-bond acceptors (Lipinski definition) is 3. The quantitative estimate of drug-likeness (QED) is 0.808. The lowest BCUT2D eigenvalue weighted by atomic mass is 10.0. The van der Waals surface area contributed by atoms with Crippen molar-refractivity contribution in [3.8, 4) is 5.75 Å². The second-order valence-electron chi connectivity index (χ2n) is 5.66. The average molecular weight is 325 g/mol. The van der Waals surface area contributed by atoms with Crippen molar-refractivity contribution in [1.29, 1.82) is 0 Å². The number of rotatable bonds is 4. The molecule has 1 unspecified atom stereocenters. The second kappa shape index (κ2) is 6.62. The standard InChI is InChI=1S/C18H19N3O3/c1-11(12-7-8-14-13(9-12)10-17(22)20-14)19-18(23)21-15-5-3-4-6-16(15)24-2/h3-9,11H,10H2,1-2H3,(H,20,22)(H2,19,21,23). The van der Waals surface area contributed by atoms with Crippen molar-refractivity contribution < 1.29 is 14.3 Å². The van der Waals surface area contributed by atoms with E-state index >= 15 is 0 Å². The fourth-order valence-electron chi connectivity index (χ4n) is 2.70. The Labute approximate surface area is 140 Å². The first-order valence-electron chi connectivity index (χ1n) is 7.70. The Hall–Kier alpha value is -3.02.